The lowest BCUT2D eigenvalue weighted by molar-refractivity contribution is 0.481. The Hall–Kier alpha value is -1.13. The fourth-order valence-corrected chi connectivity index (χ4v) is 1.88. The molecule has 0 spiro atoms. The van der Waals surface area contributed by atoms with Gasteiger partial charge in [-0.15, -0.1) is 0 Å². The van der Waals surface area contributed by atoms with Gasteiger partial charge in [-0.05, 0) is 6.58 Å². The van der Waals surface area contributed by atoms with Crippen LogP contribution in [0, 0.1) is 0 Å². The summed E-state index contributed by atoms with van der Waals surface area (Å²) in [6.07, 6.45) is 1.80. The molecule has 74 valence electrons. The van der Waals surface area contributed by atoms with Gasteiger partial charge in [-0.2, -0.15) is 4.98 Å². The summed E-state index contributed by atoms with van der Waals surface area (Å²) < 4.78 is 2.16. The highest BCUT2D eigenvalue weighted by atomic mass is 35.5. The molecule has 0 N–H and O–H groups in total. The zero-order valence-electron chi connectivity index (χ0n) is 7.90. The number of hydrogen-bond acceptors (Lipinski definition) is 2. The summed E-state index contributed by atoms with van der Waals surface area (Å²) in [6.45, 7) is 5.25. The van der Waals surface area contributed by atoms with Crippen LogP contribution < -0.4 is 10.2 Å². The van der Waals surface area contributed by atoms with E-state index < -0.39 is 0 Å². The summed E-state index contributed by atoms with van der Waals surface area (Å²) >= 11 is 5.74. The van der Waals surface area contributed by atoms with Crippen molar-refractivity contribution in [3.8, 4) is 0 Å². The first-order valence-corrected chi connectivity index (χ1v) is 4.71. The third-order valence-electron chi connectivity index (χ3n) is 2.67. The Kier molecular flexibility index (Phi) is 1.97. The number of halogens is 1. The third-order valence-corrected chi connectivity index (χ3v) is 2.87. The van der Waals surface area contributed by atoms with E-state index in [1.807, 2.05) is 7.05 Å². The quantitative estimate of drug-likeness (QED) is 0.514. The standard InChI is InChI=1S/C9H11ClN3O/c1-3-13(2)5-4-12-8(13)6-7(10)11-9(12)14/h3,6H,1,4-5H2,2H3/q+1. The fraction of sp³-hybridized carbons (Fsp3) is 0.333. The van der Waals surface area contributed by atoms with Crippen molar-refractivity contribution in [1.82, 2.24) is 14.0 Å². The molecular weight excluding hydrogens is 202 g/mol. The monoisotopic (exact) mass is 212 g/mol. The molecule has 1 aromatic rings. The highest BCUT2D eigenvalue weighted by molar-refractivity contribution is 6.29. The van der Waals surface area contributed by atoms with Gasteiger partial charge in [-0.3, -0.25) is 4.48 Å². The minimum atomic E-state index is -0.281. The SMILES string of the molecule is C=C[N+]1(C)CCn2c1cc(Cl)nc2=O. The maximum atomic E-state index is 11.5. The molecule has 0 saturated heterocycles. The molecule has 0 saturated carbocycles. The number of aromatic nitrogens is 2. The van der Waals surface area contributed by atoms with Gasteiger partial charge in [0.25, 0.3) is 0 Å². The van der Waals surface area contributed by atoms with Gasteiger partial charge in [0.15, 0.2) is 0 Å². The largest absolute Gasteiger partial charge is 0.353 e. The molecule has 0 aliphatic carbocycles. The Morgan fingerprint density at radius 3 is 3.14 bits per heavy atom. The van der Waals surface area contributed by atoms with Crippen molar-refractivity contribution in [2.45, 2.75) is 6.54 Å². The van der Waals surface area contributed by atoms with Gasteiger partial charge in [0.05, 0.1) is 25.9 Å². The number of quaternary nitrogens is 1. The van der Waals surface area contributed by atoms with E-state index in [2.05, 4.69) is 11.6 Å². The molecule has 1 aromatic heterocycles. The zero-order chi connectivity index (χ0) is 10.3. The summed E-state index contributed by atoms with van der Waals surface area (Å²) in [5.74, 6) is 0.852. The first-order valence-electron chi connectivity index (χ1n) is 4.33. The Labute approximate surface area is 86.6 Å². The van der Waals surface area contributed by atoms with Crippen molar-refractivity contribution in [2.75, 3.05) is 13.6 Å². The van der Waals surface area contributed by atoms with Gasteiger partial charge in [0.1, 0.15) is 11.7 Å². The van der Waals surface area contributed by atoms with Crippen LogP contribution in [0.5, 0.6) is 0 Å². The first kappa shape index (κ1) is 9.43. The van der Waals surface area contributed by atoms with Crippen LogP contribution in [0.4, 0.5) is 5.82 Å². The van der Waals surface area contributed by atoms with E-state index in [1.165, 1.54) is 0 Å². The molecule has 0 amide bonds. The van der Waals surface area contributed by atoms with Gasteiger partial charge < -0.3 is 0 Å². The first-order chi connectivity index (χ1) is 6.57. The number of hydrogen-bond donors (Lipinski definition) is 0. The average Bonchev–Trinajstić information content (AvgIpc) is 2.46. The summed E-state index contributed by atoms with van der Waals surface area (Å²) in [5, 5.41) is 0.245. The molecule has 1 unspecified atom stereocenters. The van der Waals surface area contributed by atoms with Gasteiger partial charge in [0.2, 0.25) is 5.82 Å². The Morgan fingerprint density at radius 1 is 1.79 bits per heavy atom. The van der Waals surface area contributed by atoms with Crippen molar-refractivity contribution in [3.05, 3.63) is 34.5 Å². The number of rotatable bonds is 1. The van der Waals surface area contributed by atoms with E-state index in [1.54, 1.807) is 16.8 Å². The average molecular weight is 213 g/mol. The predicted molar refractivity (Wildman–Crippen MR) is 56.3 cm³/mol. The lowest BCUT2D eigenvalue weighted by atomic mass is 10.4. The smallest absolute Gasteiger partial charge is 0.251 e. The molecule has 2 rings (SSSR count). The van der Waals surface area contributed by atoms with E-state index >= 15 is 0 Å². The van der Waals surface area contributed by atoms with Gasteiger partial charge >= 0.3 is 5.69 Å². The van der Waals surface area contributed by atoms with Crippen LogP contribution in [-0.2, 0) is 6.54 Å². The molecule has 14 heavy (non-hydrogen) atoms. The van der Waals surface area contributed by atoms with Crippen molar-refractivity contribution < 1.29 is 0 Å². The van der Waals surface area contributed by atoms with Crippen molar-refractivity contribution >= 4 is 17.4 Å². The number of nitrogens with zero attached hydrogens (tertiary/aromatic N) is 3. The van der Waals surface area contributed by atoms with E-state index in [4.69, 9.17) is 11.6 Å². The van der Waals surface area contributed by atoms with Crippen LogP contribution in [0.2, 0.25) is 5.15 Å². The molecule has 1 aliphatic rings. The molecule has 0 bridgehead atoms. The second kappa shape index (κ2) is 2.93. The highest BCUT2D eigenvalue weighted by Gasteiger charge is 2.33. The van der Waals surface area contributed by atoms with Crippen molar-refractivity contribution in [2.24, 2.45) is 0 Å². The fourth-order valence-electron chi connectivity index (χ4n) is 1.71. The lowest BCUT2D eigenvalue weighted by Gasteiger charge is -2.22. The summed E-state index contributed by atoms with van der Waals surface area (Å²) in [6, 6.07) is 1.72. The topological polar surface area (TPSA) is 34.9 Å². The summed E-state index contributed by atoms with van der Waals surface area (Å²) in [4.78, 5) is 15.1. The molecule has 5 heteroatoms. The van der Waals surface area contributed by atoms with Crippen molar-refractivity contribution in [1.29, 1.82) is 0 Å². The predicted octanol–water partition coefficient (Wildman–Crippen LogP) is 0.991. The Balaban J connectivity index is 2.72. The second-order valence-electron chi connectivity index (χ2n) is 3.55. The molecule has 1 aliphatic heterocycles. The van der Waals surface area contributed by atoms with Gasteiger partial charge in [0, 0.05) is 0 Å². The highest BCUT2D eigenvalue weighted by Crippen LogP contribution is 2.27. The lowest BCUT2D eigenvalue weighted by Crippen LogP contribution is -2.36. The molecule has 2 heterocycles. The molecule has 0 aromatic carbocycles. The Bertz CT molecular complexity index is 454. The minimum Gasteiger partial charge on any atom is -0.251 e. The van der Waals surface area contributed by atoms with Crippen LogP contribution in [0.25, 0.3) is 0 Å². The van der Waals surface area contributed by atoms with Crippen LogP contribution in [-0.4, -0.2) is 23.1 Å². The summed E-state index contributed by atoms with van der Waals surface area (Å²) in [7, 11) is 1.99. The Morgan fingerprint density at radius 2 is 2.50 bits per heavy atom. The van der Waals surface area contributed by atoms with Crippen LogP contribution in [0.1, 0.15) is 0 Å². The molecule has 0 radical (unpaired) electrons. The molecule has 4 nitrogen and oxygen atoms in total. The summed E-state index contributed by atoms with van der Waals surface area (Å²) in [5.41, 5.74) is -0.281. The van der Waals surface area contributed by atoms with E-state index in [-0.39, 0.29) is 10.8 Å². The van der Waals surface area contributed by atoms with Crippen LogP contribution >= 0.6 is 11.6 Å². The maximum absolute atomic E-state index is 11.5. The van der Waals surface area contributed by atoms with Gasteiger partial charge in [-0.25, -0.2) is 9.36 Å². The zero-order valence-corrected chi connectivity index (χ0v) is 8.66. The number of fused-ring (bicyclic) bond motifs is 1. The normalized spacial score (nSPS) is 24.7. The second-order valence-corrected chi connectivity index (χ2v) is 3.93. The maximum Gasteiger partial charge on any atom is 0.353 e. The molecule has 1 atom stereocenters. The molecular formula is C9H11ClN3O+. The van der Waals surface area contributed by atoms with Crippen molar-refractivity contribution in [3.63, 3.8) is 0 Å². The van der Waals surface area contributed by atoms with Crippen LogP contribution in [0.15, 0.2) is 23.6 Å². The van der Waals surface area contributed by atoms with Gasteiger partial charge in [-0.1, -0.05) is 11.6 Å². The van der Waals surface area contributed by atoms with E-state index in [0.29, 0.717) is 11.0 Å². The van der Waals surface area contributed by atoms with E-state index in [9.17, 15) is 4.79 Å². The van der Waals surface area contributed by atoms with E-state index in [0.717, 1.165) is 12.4 Å². The third kappa shape index (κ3) is 1.19. The van der Waals surface area contributed by atoms with Crippen LogP contribution in [0.3, 0.4) is 0 Å². The minimum absolute atomic E-state index is 0.245. The number of likely N-dealkylation sites (N-methyl/N-ethyl adjacent to an activating group) is 1. The molecule has 0 fully saturated rings.